The molecule has 0 aliphatic carbocycles. The zero-order valence-electron chi connectivity index (χ0n) is 19.2. The van der Waals surface area contributed by atoms with E-state index >= 15 is 0 Å². The molecule has 4 rings (SSSR count). The average molecular weight is 498 g/mol. The van der Waals surface area contributed by atoms with Crippen LogP contribution < -0.4 is 20.5 Å². The maximum atomic E-state index is 13.3. The van der Waals surface area contributed by atoms with E-state index in [4.69, 9.17) is 21.1 Å². The first-order valence-electron chi connectivity index (χ1n) is 10.7. The van der Waals surface area contributed by atoms with Gasteiger partial charge in [-0.05, 0) is 30.5 Å². The van der Waals surface area contributed by atoms with Crippen LogP contribution in [0.5, 0.6) is 11.5 Å². The summed E-state index contributed by atoms with van der Waals surface area (Å²) in [5, 5.41) is 0.704. The Morgan fingerprint density at radius 1 is 1.24 bits per heavy atom. The minimum Gasteiger partial charge on any atom is -0.493 e. The van der Waals surface area contributed by atoms with Crippen LogP contribution in [0.25, 0.3) is 21.3 Å². The van der Waals surface area contributed by atoms with E-state index in [0.717, 1.165) is 20.7 Å². The van der Waals surface area contributed by atoms with E-state index in [0.29, 0.717) is 34.2 Å². The van der Waals surface area contributed by atoms with Crippen molar-refractivity contribution in [1.82, 2.24) is 9.66 Å². The summed E-state index contributed by atoms with van der Waals surface area (Å²) >= 11 is 7.82. The molecule has 0 saturated carbocycles. The summed E-state index contributed by atoms with van der Waals surface area (Å²) in [6.45, 7) is 6.44. The molecule has 34 heavy (non-hydrogen) atoms. The van der Waals surface area contributed by atoms with Crippen LogP contribution in [0, 0.1) is 12.8 Å². The molecule has 176 valence electrons. The fourth-order valence-corrected chi connectivity index (χ4v) is 4.82. The maximum Gasteiger partial charge on any atom is 0.281 e. The largest absolute Gasteiger partial charge is 0.493 e. The van der Waals surface area contributed by atoms with Crippen molar-refractivity contribution in [2.45, 2.75) is 20.8 Å². The number of hydrogen-bond donors (Lipinski definition) is 1. The Kier molecular flexibility index (Phi) is 6.90. The Morgan fingerprint density at radius 2 is 1.97 bits per heavy atom. The third-order valence-electron chi connectivity index (χ3n) is 5.13. The predicted octanol–water partition coefficient (Wildman–Crippen LogP) is 5.51. The molecular weight excluding hydrogens is 474 g/mol. The van der Waals surface area contributed by atoms with Gasteiger partial charge in [-0.15, -0.1) is 11.3 Å². The molecule has 0 radical (unpaired) electrons. The van der Waals surface area contributed by atoms with E-state index in [-0.39, 0.29) is 16.1 Å². The third kappa shape index (κ3) is 4.64. The van der Waals surface area contributed by atoms with Gasteiger partial charge in [0.05, 0.1) is 24.1 Å². The van der Waals surface area contributed by atoms with Crippen molar-refractivity contribution in [3.8, 4) is 22.6 Å². The number of halogens is 1. The van der Waals surface area contributed by atoms with Crippen LogP contribution in [0.2, 0.25) is 5.02 Å². The summed E-state index contributed by atoms with van der Waals surface area (Å²) in [7, 11) is 1.47. The molecule has 1 N–H and O–H groups in total. The van der Waals surface area contributed by atoms with E-state index in [1.165, 1.54) is 36.9 Å². The van der Waals surface area contributed by atoms with Crippen molar-refractivity contribution in [1.29, 1.82) is 0 Å². The number of aryl methyl sites for hydroxylation is 1. The molecule has 0 spiro atoms. The first kappa shape index (κ1) is 23.8. The molecule has 0 aliphatic rings. The highest BCUT2D eigenvalue weighted by Gasteiger charge is 2.20. The zero-order valence-corrected chi connectivity index (χ0v) is 20.8. The van der Waals surface area contributed by atoms with Gasteiger partial charge in [0, 0.05) is 16.0 Å². The van der Waals surface area contributed by atoms with Crippen molar-refractivity contribution in [3.63, 3.8) is 0 Å². The van der Waals surface area contributed by atoms with Gasteiger partial charge in [0.25, 0.3) is 11.5 Å². The SMILES string of the molecule is COc1cc(C(=O)Nn2cnc3sc(C)c(-c4ccccc4)c3c2=O)cc(Cl)c1OCC(C)C. The second-order valence-electron chi connectivity index (χ2n) is 8.13. The topological polar surface area (TPSA) is 82.5 Å². The summed E-state index contributed by atoms with van der Waals surface area (Å²) in [6.07, 6.45) is 1.31. The molecule has 0 unspecified atom stereocenters. The van der Waals surface area contributed by atoms with Crippen LogP contribution in [0.15, 0.2) is 53.6 Å². The molecule has 9 heteroatoms. The highest BCUT2D eigenvalue weighted by atomic mass is 35.5. The highest BCUT2D eigenvalue weighted by Crippen LogP contribution is 2.37. The van der Waals surface area contributed by atoms with Crippen LogP contribution in [0.1, 0.15) is 29.1 Å². The monoisotopic (exact) mass is 497 g/mol. The van der Waals surface area contributed by atoms with Crippen molar-refractivity contribution < 1.29 is 14.3 Å². The molecule has 4 aromatic rings. The van der Waals surface area contributed by atoms with E-state index in [9.17, 15) is 9.59 Å². The Balaban J connectivity index is 1.69. The first-order chi connectivity index (χ1) is 16.3. The fraction of sp³-hybridized carbons (Fsp3) is 0.240. The van der Waals surface area contributed by atoms with Crippen molar-refractivity contribution >= 4 is 39.1 Å². The second kappa shape index (κ2) is 9.87. The van der Waals surface area contributed by atoms with Gasteiger partial charge in [0.1, 0.15) is 11.2 Å². The zero-order chi connectivity index (χ0) is 24.4. The van der Waals surface area contributed by atoms with E-state index in [1.54, 1.807) is 0 Å². The van der Waals surface area contributed by atoms with Gasteiger partial charge in [-0.1, -0.05) is 55.8 Å². The molecule has 1 amide bonds. The predicted molar refractivity (Wildman–Crippen MR) is 136 cm³/mol. The molecule has 7 nitrogen and oxygen atoms in total. The van der Waals surface area contributed by atoms with Crippen molar-refractivity contribution in [2.24, 2.45) is 5.92 Å². The number of methoxy groups -OCH3 is 1. The minimum atomic E-state index is -0.535. The smallest absolute Gasteiger partial charge is 0.281 e. The number of hydrogen-bond acceptors (Lipinski definition) is 6. The minimum absolute atomic E-state index is 0.218. The van der Waals surface area contributed by atoms with Crippen LogP contribution in [-0.2, 0) is 0 Å². The van der Waals surface area contributed by atoms with Crippen LogP contribution in [-0.4, -0.2) is 29.3 Å². The Labute approximate surface area is 205 Å². The molecule has 0 saturated heterocycles. The fourth-order valence-electron chi connectivity index (χ4n) is 3.55. The summed E-state index contributed by atoms with van der Waals surface area (Å²) in [5.41, 5.74) is 4.20. The van der Waals surface area contributed by atoms with Crippen molar-refractivity contribution in [2.75, 3.05) is 19.1 Å². The number of aromatic nitrogens is 2. The van der Waals surface area contributed by atoms with E-state index < -0.39 is 5.91 Å². The number of carbonyl (C=O) groups is 1. The summed E-state index contributed by atoms with van der Waals surface area (Å²) < 4.78 is 12.2. The quantitative estimate of drug-likeness (QED) is 0.364. The van der Waals surface area contributed by atoms with Gasteiger partial charge in [-0.3, -0.25) is 15.0 Å². The summed E-state index contributed by atoms with van der Waals surface area (Å²) in [6, 6.07) is 12.7. The van der Waals surface area contributed by atoms with Gasteiger partial charge in [-0.25, -0.2) is 9.66 Å². The van der Waals surface area contributed by atoms with Crippen LogP contribution >= 0.6 is 22.9 Å². The lowest BCUT2D eigenvalue weighted by Crippen LogP contribution is -2.33. The molecule has 2 heterocycles. The summed E-state index contributed by atoms with van der Waals surface area (Å²) in [4.78, 5) is 32.3. The molecule has 0 fully saturated rings. The maximum absolute atomic E-state index is 13.3. The number of nitrogens with zero attached hydrogens (tertiary/aromatic N) is 2. The van der Waals surface area contributed by atoms with E-state index in [1.807, 2.05) is 51.1 Å². The number of amides is 1. The van der Waals surface area contributed by atoms with Gasteiger partial charge in [-0.2, -0.15) is 0 Å². The number of ether oxygens (including phenoxy) is 2. The Morgan fingerprint density at radius 3 is 2.65 bits per heavy atom. The second-order valence-corrected chi connectivity index (χ2v) is 9.74. The lowest BCUT2D eigenvalue weighted by molar-refractivity contribution is 0.101. The third-order valence-corrected chi connectivity index (χ3v) is 6.42. The number of benzene rings is 2. The number of thiophene rings is 1. The summed E-state index contributed by atoms with van der Waals surface area (Å²) in [5.74, 6) is 0.460. The Bertz CT molecular complexity index is 1410. The van der Waals surface area contributed by atoms with Gasteiger partial charge in [0.15, 0.2) is 11.5 Å². The highest BCUT2D eigenvalue weighted by molar-refractivity contribution is 7.19. The number of fused-ring (bicyclic) bond motifs is 1. The first-order valence-corrected chi connectivity index (χ1v) is 11.9. The number of nitrogens with one attached hydrogen (secondary N) is 1. The molecule has 2 aromatic heterocycles. The van der Waals surface area contributed by atoms with E-state index in [2.05, 4.69) is 10.4 Å². The average Bonchev–Trinajstić information content (AvgIpc) is 3.16. The molecule has 2 aromatic carbocycles. The van der Waals surface area contributed by atoms with Gasteiger partial charge < -0.3 is 9.47 Å². The standard InChI is InChI=1S/C25H24ClN3O4S/c1-14(2)12-33-22-18(26)10-17(11-19(22)32-4)23(30)28-29-13-27-24-21(25(29)31)20(15(3)34-24)16-8-6-5-7-9-16/h5-11,13-14H,12H2,1-4H3,(H,28,30). The van der Waals surface area contributed by atoms with Crippen LogP contribution in [0.4, 0.5) is 0 Å². The number of rotatable bonds is 7. The molecule has 0 aliphatic heterocycles. The van der Waals surface area contributed by atoms with Crippen LogP contribution in [0.3, 0.4) is 0 Å². The number of carbonyl (C=O) groups excluding carboxylic acids is 1. The lowest BCUT2D eigenvalue weighted by atomic mass is 10.0. The molecular formula is C25H24ClN3O4S. The van der Waals surface area contributed by atoms with Gasteiger partial charge >= 0.3 is 0 Å². The van der Waals surface area contributed by atoms with Gasteiger partial charge in [0.2, 0.25) is 0 Å². The molecule has 0 atom stereocenters. The lowest BCUT2D eigenvalue weighted by Gasteiger charge is -2.15. The van der Waals surface area contributed by atoms with Crippen molar-refractivity contribution in [3.05, 3.63) is 74.6 Å². The normalized spacial score (nSPS) is 11.1. The Hall–Kier alpha value is -3.36. The molecule has 0 bridgehead atoms.